The monoisotopic (exact) mass is 448 g/mol. The fraction of sp³-hybridized carbons (Fsp3) is 0.692. The lowest BCUT2D eigenvalue weighted by molar-refractivity contribution is -0.147. The molecule has 1 aliphatic rings. The van der Waals surface area contributed by atoms with Crippen LogP contribution in [0, 0.1) is 10.8 Å². The lowest BCUT2D eigenvalue weighted by atomic mass is 9.87. The second-order valence-electron chi connectivity index (χ2n) is 10.2. The smallest absolute Gasteiger partial charge is 0.309 e. The van der Waals surface area contributed by atoms with E-state index in [-0.39, 0.29) is 11.5 Å². The highest BCUT2D eigenvalue weighted by Gasteiger charge is 2.49. The van der Waals surface area contributed by atoms with E-state index < -0.39 is 22.8 Å². The van der Waals surface area contributed by atoms with Crippen LogP contribution in [-0.2, 0) is 22.4 Å². The van der Waals surface area contributed by atoms with Gasteiger partial charge in [-0.1, -0.05) is 38.5 Å². The molecule has 0 radical (unpaired) electrons. The maximum Gasteiger partial charge on any atom is 0.309 e. The normalized spacial score (nSPS) is 14.9. The lowest BCUT2D eigenvalue weighted by Crippen LogP contribution is -2.23. The summed E-state index contributed by atoms with van der Waals surface area (Å²) in [6.45, 7) is 3.51. The Kier molecular flexibility index (Phi) is 9.41. The van der Waals surface area contributed by atoms with E-state index >= 15 is 0 Å². The molecule has 0 atom stereocenters. The molecular formula is C26H40O6. The molecule has 0 heterocycles. The third-order valence-electron chi connectivity index (χ3n) is 7.02. The molecule has 2 rings (SSSR count). The molecule has 0 amide bonds. The molecule has 1 aromatic rings. The van der Waals surface area contributed by atoms with Gasteiger partial charge >= 0.3 is 11.9 Å². The van der Waals surface area contributed by atoms with Crippen LogP contribution in [0.25, 0.3) is 0 Å². The first kappa shape index (κ1) is 26.0. The van der Waals surface area contributed by atoms with Gasteiger partial charge in [-0.2, -0.15) is 0 Å². The SMILES string of the molecule is CC(C)(CCCCCCc1cc(CCCCCCC2(C(=O)O)CC2)c(O)cc1O)C(=O)O. The van der Waals surface area contributed by atoms with Crippen LogP contribution in [0.2, 0.25) is 0 Å². The molecule has 32 heavy (non-hydrogen) atoms. The quantitative estimate of drug-likeness (QED) is 0.229. The van der Waals surface area contributed by atoms with Crippen LogP contribution >= 0.6 is 0 Å². The third-order valence-corrected chi connectivity index (χ3v) is 7.02. The average Bonchev–Trinajstić information content (AvgIpc) is 3.51. The molecule has 1 aliphatic carbocycles. The number of unbranched alkanes of at least 4 members (excludes halogenated alkanes) is 6. The maximum atomic E-state index is 11.2. The zero-order valence-corrected chi connectivity index (χ0v) is 19.7. The Morgan fingerprint density at radius 1 is 0.812 bits per heavy atom. The molecule has 0 spiro atoms. The molecule has 6 nitrogen and oxygen atoms in total. The Morgan fingerprint density at radius 3 is 1.78 bits per heavy atom. The van der Waals surface area contributed by atoms with Crippen LogP contribution in [0.4, 0.5) is 0 Å². The number of aromatic hydroxyl groups is 2. The number of hydrogen-bond donors (Lipinski definition) is 4. The van der Waals surface area contributed by atoms with Crippen molar-refractivity contribution >= 4 is 11.9 Å². The van der Waals surface area contributed by atoms with Crippen LogP contribution < -0.4 is 0 Å². The summed E-state index contributed by atoms with van der Waals surface area (Å²) < 4.78 is 0. The van der Waals surface area contributed by atoms with E-state index in [0.29, 0.717) is 6.42 Å². The summed E-state index contributed by atoms with van der Waals surface area (Å²) in [6, 6.07) is 3.34. The second-order valence-corrected chi connectivity index (χ2v) is 10.2. The predicted molar refractivity (Wildman–Crippen MR) is 124 cm³/mol. The predicted octanol–water partition coefficient (Wildman–Crippen LogP) is 6.06. The van der Waals surface area contributed by atoms with Crippen molar-refractivity contribution in [1.82, 2.24) is 0 Å². The fourth-order valence-electron chi connectivity index (χ4n) is 4.27. The highest BCUT2D eigenvalue weighted by molar-refractivity contribution is 5.77. The van der Waals surface area contributed by atoms with Crippen molar-refractivity contribution in [3.8, 4) is 11.5 Å². The van der Waals surface area contributed by atoms with Crippen molar-refractivity contribution in [2.24, 2.45) is 10.8 Å². The van der Waals surface area contributed by atoms with E-state index in [2.05, 4.69) is 0 Å². The van der Waals surface area contributed by atoms with Crippen LogP contribution in [-0.4, -0.2) is 32.4 Å². The maximum absolute atomic E-state index is 11.2. The van der Waals surface area contributed by atoms with Gasteiger partial charge in [0, 0.05) is 6.07 Å². The summed E-state index contributed by atoms with van der Waals surface area (Å²) >= 11 is 0. The van der Waals surface area contributed by atoms with Gasteiger partial charge in [0.1, 0.15) is 11.5 Å². The van der Waals surface area contributed by atoms with Gasteiger partial charge in [0.2, 0.25) is 0 Å². The Balaban J connectivity index is 1.68. The number of carboxylic acid groups (broad SMARTS) is 2. The minimum absolute atomic E-state index is 0.127. The molecule has 0 unspecified atom stereocenters. The van der Waals surface area contributed by atoms with Gasteiger partial charge in [0.25, 0.3) is 0 Å². The highest BCUT2D eigenvalue weighted by Crippen LogP contribution is 2.50. The van der Waals surface area contributed by atoms with Crippen molar-refractivity contribution in [1.29, 1.82) is 0 Å². The number of carboxylic acids is 2. The van der Waals surface area contributed by atoms with Gasteiger partial charge in [-0.15, -0.1) is 0 Å². The molecule has 1 fully saturated rings. The largest absolute Gasteiger partial charge is 0.508 e. The number of aliphatic carboxylic acids is 2. The Hall–Kier alpha value is -2.24. The summed E-state index contributed by atoms with van der Waals surface area (Å²) in [5, 5.41) is 38.7. The van der Waals surface area contributed by atoms with Crippen molar-refractivity contribution in [2.45, 2.75) is 104 Å². The molecule has 0 aliphatic heterocycles. The van der Waals surface area contributed by atoms with Crippen molar-refractivity contribution in [3.05, 3.63) is 23.3 Å². The van der Waals surface area contributed by atoms with Gasteiger partial charge in [-0.3, -0.25) is 9.59 Å². The second kappa shape index (κ2) is 11.6. The molecule has 0 aromatic heterocycles. The van der Waals surface area contributed by atoms with Crippen LogP contribution in [0.3, 0.4) is 0 Å². The number of hydrogen-bond acceptors (Lipinski definition) is 4. The zero-order chi connectivity index (χ0) is 23.8. The van der Waals surface area contributed by atoms with E-state index in [1.165, 1.54) is 6.07 Å². The minimum Gasteiger partial charge on any atom is -0.508 e. The highest BCUT2D eigenvalue weighted by atomic mass is 16.4. The van der Waals surface area contributed by atoms with Crippen molar-refractivity contribution in [2.75, 3.05) is 0 Å². The van der Waals surface area contributed by atoms with E-state index in [4.69, 9.17) is 5.11 Å². The summed E-state index contributed by atoms with van der Waals surface area (Å²) in [4.78, 5) is 22.4. The Morgan fingerprint density at radius 2 is 1.31 bits per heavy atom. The zero-order valence-electron chi connectivity index (χ0n) is 19.7. The number of benzene rings is 1. The molecule has 0 saturated heterocycles. The molecular weight excluding hydrogens is 408 g/mol. The number of rotatable bonds is 16. The summed E-state index contributed by atoms with van der Waals surface area (Å²) in [5.74, 6) is -1.15. The standard InChI is InChI=1S/C26H40O6/c1-25(2,23(29)30)13-9-5-3-7-11-19-17-20(22(28)18-21(19)27)12-8-4-6-10-14-26(15-16-26)24(31)32/h17-18,27-28H,3-16H2,1-2H3,(H,29,30)(H,31,32). The topological polar surface area (TPSA) is 115 Å². The first-order valence-electron chi connectivity index (χ1n) is 12.1. The van der Waals surface area contributed by atoms with Crippen LogP contribution in [0.1, 0.15) is 102 Å². The fourth-order valence-corrected chi connectivity index (χ4v) is 4.27. The first-order valence-corrected chi connectivity index (χ1v) is 12.1. The van der Waals surface area contributed by atoms with E-state index in [9.17, 15) is 24.9 Å². The van der Waals surface area contributed by atoms with E-state index in [1.807, 2.05) is 6.07 Å². The van der Waals surface area contributed by atoms with Crippen molar-refractivity contribution in [3.63, 3.8) is 0 Å². The minimum atomic E-state index is -0.758. The summed E-state index contributed by atoms with van der Waals surface area (Å²) in [7, 11) is 0. The number of phenolic OH excluding ortho intramolecular Hbond substituents is 2. The summed E-state index contributed by atoms with van der Waals surface area (Å²) in [5.41, 5.74) is 0.585. The Bertz CT molecular complexity index is 730. The first-order chi connectivity index (χ1) is 15.1. The third kappa shape index (κ3) is 7.72. The molecule has 6 heteroatoms. The number of carbonyl (C=O) groups is 2. The molecule has 4 N–H and O–H groups in total. The van der Waals surface area contributed by atoms with Gasteiger partial charge in [0.15, 0.2) is 0 Å². The number of aryl methyl sites for hydroxylation is 2. The van der Waals surface area contributed by atoms with Crippen molar-refractivity contribution < 1.29 is 30.0 Å². The van der Waals surface area contributed by atoms with Gasteiger partial charge in [-0.05, 0) is 82.4 Å². The van der Waals surface area contributed by atoms with Crippen LogP contribution in [0.15, 0.2) is 12.1 Å². The Labute approximate surface area is 191 Å². The van der Waals surface area contributed by atoms with E-state index in [1.54, 1.807) is 13.8 Å². The van der Waals surface area contributed by atoms with Gasteiger partial charge in [-0.25, -0.2) is 0 Å². The van der Waals surface area contributed by atoms with Gasteiger partial charge in [0.05, 0.1) is 10.8 Å². The molecule has 0 bridgehead atoms. The lowest BCUT2D eigenvalue weighted by Gasteiger charge is -2.18. The molecule has 1 aromatic carbocycles. The average molecular weight is 449 g/mol. The molecule has 1 saturated carbocycles. The van der Waals surface area contributed by atoms with E-state index in [0.717, 1.165) is 94.6 Å². The van der Waals surface area contributed by atoms with Gasteiger partial charge < -0.3 is 20.4 Å². The van der Waals surface area contributed by atoms with Crippen LogP contribution in [0.5, 0.6) is 11.5 Å². The summed E-state index contributed by atoms with van der Waals surface area (Å²) in [6.07, 6.45) is 12.1. The molecule has 180 valence electrons. The number of phenols is 2.